The van der Waals surface area contributed by atoms with E-state index in [1.54, 1.807) is 0 Å². The van der Waals surface area contributed by atoms with Gasteiger partial charge in [-0.1, -0.05) is 44.9 Å². The van der Waals surface area contributed by atoms with Gasteiger partial charge in [0.2, 0.25) is 0 Å². The molecule has 0 bridgehead atoms. The van der Waals surface area contributed by atoms with Gasteiger partial charge in [0.15, 0.2) is 0 Å². The van der Waals surface area contributed by atoms with Crippen LogP contribution in [0.1, 0.15) is 46.0 Å². The second kappa shape index (κ2) is 6.42. The second-order valence-electron chi connectivity index (χ2n) is 6.52. The van der Waals surface area contributed by atoms with Crippen molar-refractivity contribution in [3.63, 3.8) is 0 Å². The standard InChI is InChI=1S/C17H27NO/c1-14(2)11-15-7-6-10-17(12-15,13-19)18-16-8-4-3-5-9-16/h3-5,8-9,14-15,18-19H,6-7,10-13H2,1-2H3. The molecule has 0 heterocycles. The third-order valence-corrected chi connectivity index (χ3v) is 4.24. The van der Waals surface area contributed by atoms with E-state index in [9.17, 15) is 5.11 Å². The van der Waals surface area contributed by atoms with Crippen molar-refractivity contribution in [2.45, 2.75) is 51.5 Å². The van der Waals surface area contributed by atoms with Crippen LogP contribution >= 0.6 is 0 Å². The molecular formula is C17H27NO. The molecule has 0 saturated heterocycles. The summed E-state index contributed by atoms with van der Waals surface area (Å²) in [6.07, 6.45) is 5.98. The third kappa shape index (κ3) is 3.97. The number of nitrogens with one attached hydrogen (secondary N) is 1. The summed E-state index contributed by atoms with van der Waals surface area (Å²) in [7, 11) is 0. The van der Waals surface area contributed by atoms with Gasteiger partial charge >= 0.3 is 0 Å². The highest BCUT2D eigenvalue weighted by molar-refractivity contribution is 5.45. The van der Waals surface area contributed by atoms with Crippen molar-refractivity contribution in [1.82, 2.24) is 0 Å². The maximum Gasteiger partial charge on any atom is 0.0661 e. The Hall–Kier alpha value is -1.02. The van der Waals surface area contributed by atoms with E-state index in [2.05, 4.69) is 31.3 Å². The Morgan fingerprint density at radius 3 is 2.68 bits per heavy atom. The first-order valence-electron chi connectivity index (χ1n) is 7.58. The first-order chi connectivity index (χ1) is 9.13. The van der Waals surface area contributed by atoms with Crippen molar-refractivity contribution in [3.05, 3.63) is 30.3 Å². The topological polar surface area (TPSA) is 32.3 Å². The van der Waals surface area contributed by atoms with Crippen molar-refractivity contribution in [1.29, 1.82) is 0 Å². The fourth-order valence-corrected chi connectivity index (χ4v) is 3.48. The molecule has 1 fully saturated rings. The van der Waals surface area contributed by atoms with Crippen LogP contribution in [0.3, 0.4) is 0 Å². The van der Waals surface area contributed by atoms with E-state index in [1.165, 1.54) is 19.3 Å². The molecular weight excluding hydrogens is 234 g/mol. The van der Waals surface area contributed by atoms with Crippen LogP contribution in [0.2, 0.25) is 0 Å². The van der Waals surface area contributed by atoms with E-state index in [0.717, 1.165) is 30.4 Å². The first-order valence-corrected chi connectivity index (χ1v) is 7.58. The van der Waals surface area contributed by atoms with Crippen LogP contribution in [-0.2, 0) is 0 Å². The number of hydrogen-bond donors (Lipinski definition) is 2. The Labute approximate surface area is 117 Å². The summed E-state index contributed by atoms with van der Waals surface area (Å²) < 4.78 is 0. The summed E-state index contributed by atoms with van der Waals surface area (Å²) in [6, 6.07) is 10.3. The van der Waals surface area contributed by atoms with Crippen molar-refractivity contribution < 1.29 is 5.11 Å². The minimum Gasteiger partial charge on any atom is -0.394 e. The molecule has 106 valence electrons. The van der Waals surface area contributed by atoms with Crippen molar-refractivity contribution in [2.75, 3.05) is 11.9 Å². The lowest BCUT2D eigenvalue weighted by atomic mass is 9.73. The molecule has 1 saturated carbocycles. The molecule has 1 aromatic carbocycles. The summed E-state index contributed by atoms with van der Waals surface area (Å²) in [5.41, 5.74) is 1.01. The minimum absolute atomic E-state index is 0.112. The molecule has 1 aromatic rings. The predicted octanol–water partition coefficient (Wildman–Crippen LogP) is 4.07. The number of aliphatic hydroxyl groups excluding tert-OH is 1. The van der Waals surface area contributed by atoms with Gasteiger partial charge in [-0.15, -0.1) is 0 Å². The van der Waals surface area contributed by atoms with Gasteiger partial charge in [-0.25, -0.2) is 0 Å². The lowest BCUT2D eigenvalue weighted by Crippen LogP contribution is -2.46. The Bertz CT molecular complexity index is 376. The summed E-state index contributed by atoms with van der Waals surface area (Å²) >= 11 is 0. The fraction of sp³-hybridized carbons (Fsp3) is 0.647. The second-order valence-corrected chi connectivity index (χ2v) is 6.52. The lowest BCUT2D eigenvalue weighted by molar-refractivity contribution is 0.135. The molecule has 2 rings (SSSR count). The number of anilines is 1. The molecule has 2 N–H and O–H groups in total. The van der Waals surface area contributed by atoms with Crippen molar-refractivity contribution in [3.8, 4) is 0 Å². The van der Waals surface area contributed by atoms with Gasteiger partial charge < -0.3 is 10.4 Å². The van der Waals surface area contributed by atoms with Crippen LogP contribution in [0.15, 0.2) is 30.3 Å². The fourth-order valence-electron chi connectivity index (χ4n) is 3.48. The summed E-state index contributed by atoms with van der Waals surface area (Å²) in [5.74, 6) is 1.49. The minimum atomic E-state index is -0.112. The number of benzene rings is 1. The van der Waals surface area contributed by atoms with E-state index >= 15 is 0 Å². The van der Waals surface area contributed by atoms with Gasteiger partial charge in [0.05, 0.1) is 12.1 Å². The normalized spacial score (nSPS) is 27.5. The highest BCUT2D eigenvalue weighted by atomic mass is 16.3. The zero-order valence-corrected chi connectivity index (χ0v) is 12.2. The van der Waals surface area contributed by atoms with Crippen LogP contribution in [0, 0.1) is 11.8 Å². The average Bonchev–Trinajstić information content (AvgIpc) is 2.39. The number of para-hydroxylation sites is 1. The predicted molar refractivity (Wildman–Crippen MR) is 81.3 cm³/mol. The van der Waals surface area contributed by atoms with Crippen LogP contribution in [0.5, 0.6) is 0 Å². The highest BCUT2D eigenvalue weighted by Crippen LogP contribution is 2.37. The molecule has 0 aromatic heterocycles. The van der Waals surface area contributed by atoms with Gasteiger partial charge in [0.1, 0.15) is 0 Å². The van der Waals surface area contributed by atoms with E-state index in [4.69, 9.17) is 0 Å². The highest BCUT2D eigenvalue weighted by Gasteiger charge is 2.35. The van der Waals surface area contributed by atoms with Crippen LogP contribution in [0.25, 0.3) is 0 Å². The molecule has 0 radical (unpaired) electrons. The molecule has 19 heavy (non-hydrogen) atoms. The largest absolute Gasteiger partial charge is 0.394 e. The SMILES string of the molecule is CC(C)CC1CCCC(CO)(Nc2ccccc2)C1. The Morgan fingerprint density at radius 2 is 2.05 bits per heavy atom. The third-order valence-electron chi connectivity index (χ3n) is 4.24. The molecule has 0 amide bonds. The molecule has 2 atom stereocenters. The quantitative estimate of drug-likeness (QED) is 0.837. The number of aliphatic hydroxyl groups is 1. The van der Waals surface area contributed by atoms with Crippen molar-refractivity contribution >= 4 is 5.69 Å². The van der Waals surface area contributed by atoms with Crippen LogP contribution < -0.4 is 5.32 Å². The van der Waals surface area contributed by atoms with E-state index in [1.807, 2.05) is 18.2 Å². The van der Waals surface area contributed by atoms with Gasteiger partial charge in [0, 0.05) is 5.69 Å². The Balaban J connectivity index is 2.04. The van der Waals surface area contributed by atoms with E-state index < -0.39 is 0 Å². The Morgan fingerprint density at radius 1 is 1.32 bits per heavy atom. The molecule has 1 aliphatic rings. The number of hydrogen-bond acceptors (Lipinski definition) is 2. The summed E-state index contributed by atoms with van der Waals surface area (Å²) in [6.45, 7) is 4.82. The average molecular weight is 261 g/mol. The summed E-state index contributed by atoms with van der Waals surface area (Å²) in [5, 5.41) is 13.5. The molecule has 0 aliphatic heterocycles. The van der Waals surface area contributed by atoms with Crippen molar-refractivity contribution in [2.24, 2.45) is 11.8 Å². The van der Waals surface area contributed by atoms with Gasteiger partial charge in [-0.3, -0.25) is 0 Å². The first kappa shape index (κ1) is 14.4. The van der Waals surface area contributed by atoms with E-state index in [-0.39, 0.29) is 12.1 Å². The monoisotopic (exact) mass is 261 g/mol. The lowest BCUT2D eigenvalue weighted by Gasteiger charge is -2.41. The molecule has 2 unspecified atom stereocenters. The van der Waals surface area contributed by atoms with E-state index in [0.29, 0.717) is 0 Å². The molecule has 1 aliphatic carbocycles. The summed E-state index contributed by atoms with van der Waals surface area (Å²) in [4.78, 5) is 0. The Kier molecular flexibility index (Phi) is 4.87. The smallest absolute Gasteiger partial charge is 0.0661 e. The zero-order valence-electron chi connectivity index (χ0n) is 12.2. The van der Waals surface area contributed by atoms with Crippen LogP contribution in [-0.4, -0.2) is 17.3 Å². The maximum absolute atomic E-state index is 9.89. The number of rotatable bonds is 5. The van der Waals surface area contributed by atoms with Gasteiger partial charge in [0.25, 0.3) is 0 Å². The maximum atomic E-state index is 9.89. The van der Waals surface area contributed by atoms with Crippen LogP contribution in [0.4, 0.5) is 5.69 Å². The molecule has 2 nitrogen and oxygen atoms in total. The molecule has 2 heteroatoms. The zero-order chi connectivity index (χ0) is 13.7. The van der Waals surface area contributed by atoms with Gasteiger partial charge in [-0.2, -0.15) is 0 Å². The van der Waals surface area contributed by atoms with Gasteiger partial charge in [-0.05, 0) is 43.2 Å². The molecule has 0 spiro atoms.